The van der Waals surface area contributed by atoms with Crippen LogP contribution in [-0.2, 0) is 13.1 Å². The Morgan fingerprint density at radius 2 is 2.03 bits per heavy atom. The number of ketones is 1. The predicted octanol–water partition coefficient (Wildman–Crippen LogP) is 2.00. The van der Waals surface area contributed by atoms with Gasteiger partial charge in [-0.1, -0.05) is 11.8 Å². The highest BCUT2D eigenvalue weighted by Gasteiger charge is 2.30. The number of Topliss-reactive ketones (excluding diaryl/α,β-unsaturated/α-hetero) is 1. The van der Waals surface area contributed by atoms with Crippen LogP contribution in [0.1, 0.15) is 28.4 Å². The molecule has 0 saturated heterocycles. The van der Waals surface area contributed by atoms with Gasteiger partial charge in [-0.2, -0.15) is 0 Å². The van der Waals surface area contributed by atoms with Crippen molar-refractivity contribution in [3.63, 3.8) is 0 Å². The van der Waals surface area contributed by atoms with Gasteiger partial charge < -0.3 is 24.0 Å². The molecule has 0 amide bonds. The summed E-state index contributed by atoms with van der Waals surface area (Å²) in [7, 11) is 5.55. The second-order valence-corrected chi connectivity index (χ2v) is 7.50. The summed E-state index contributed by atoms with van der Waals surface area (Å²) in [6, 6.07) is 8.90. The van der Waals surface area contributed by atoms with Gasteiger partial charge in [0, 0.05) is 34.8 Å². The summed E-state index contributed by atoms with van der Waals surface area (Å²) >= 11 is 0. The Labute approximate surface area is 169 Å². The second-order valence-electron chi connectivity index (χ2n) is 7.50. The summed E-state index contributed by atoms with van der Waals surface area (Å²) < 4.78 is 13.4. The molecule has 1 aromatic heterocycles. The number of quaternary nitrogens is 1. The molecule has 0 spiro atoms. The van der Waals surface area contributed by atoms with Crippen molar-refractivity contribution in [2.75, 3.05) is 21.2 Å². The zero-order valence-electron chi connectivity index (χ0n) is 17.0. The SMILES string of the molecule is CCn1cc(/C=C2\Oc3c(ccc([O-])c3C[NH+](C)C)C2=O)c2cc(OC)ccc21. The first-order valence-electron chi connectivity index (χ1n) is 9.66. The number of hydrogen-bond donors (Lipinski definition) is 1. The van der Waals surface area contributed by atoms with E-state index in [1.165, 1.54) is 6.07 Å². The number of ether oxygens (including phenoxy) is 2. The number of nitrogens with zero attached hydrogens (tertiary/aromatic N) is 1. The molecule has 4 rings (SSSR count). The maximum absolute atomic E-state index is 13.0. The van der Waals surface area contributed by atoms with Crippen molar-refractivity contribution in [2.45, 2.75) is 20.0 Å². The van der Waals surface area contributed by atoms with Crippen LogP contribution in [-0.4, -0.2) is 31.6 Å². The highest BCUT2D eigenvalue weighted by Crippen LogP contribution is 2.39. The van der Waals surface area contributed by atoms with Crippen LogP contribution < -0.4 is 19.5 Å². The fourth-order valence-corrected chi connectivity index (χ4v) is 3.76. The zero-order chi connectivity index (χ0) is 20.7. The molecule has 3 aromatic rings. The molecular formula is C23H24N2O4. The van der Waals surface area contributed by atoms with E-state index in [-0.39, 0.29) is 17.3 Å². The number of aryl methyl sites for hydroxylation is 1. The van der Waals surface area contributed by atoms with Gasteiger partial charge >= 0.3 is 0 Å². The van der Waals surface area contributed by atoms with Gasteiger partial charge in [0.25, 0.3) is 0 Å². The van der Waals surface area contributed by atoms with E-state index < -0.39 is 0 Å². The number of hydrogen-bond acceptors (Lipinski definition) is 4. The molecular weight excluding hydrogens is 368 g/mol. The Bertz CT molecular complexity index is 1140. The number of rotatable bonds is 5. The van der Waals surface area contributed by atoms with E-state index in [2.05, 4.69) is 11.5 Å². The Kier molecular flexibility index (Phi) is 4.80. The van der Waals surface area contributed by atoms with Crippen LogP contribution in [0.5, 0.6) is 17.2 Å². The molecule has 0 radical (unpaired) electrons. The smallest absolute Gasteiger partial charge is 0.231 e. The third-order valence-corrected chi connectivity index (χ3v) is 5.17. The summed E-state index contributed by atoms with van der Waals surface area (Å²) in [6.07, 6.45) is 3.76. The van der Waals surface area contributed by atoms with Crippen LogP contribution >= 0.6 is 0 Å². The largest absolute Gasteiger partial charge is 0.872 e. The molecule has 1 N–H and O–H groups in total. The third kappa shape index (κ3) is 3.25. The van der Waals surface area contributed by atoms with Crippen molar-refractivity contribution in [3.05, 3.63) is 59.0 Å². The van der Waals surface area contributed by atoms with Gasteiger partial charge in [-0.05, 0) is 37.3 Å². The van der Waals surface area contributed by atoms with Gasteiger partial charge in [-0.3, -0.25) is 4.79 Å². The van der Waals surface area contributed by atoms with Gasteiger partial charge in [0.1, 0.15) is 18.0 Å². The average Bonchev–Trinajstić information content (AvgIpc) is 3.21. The first-order valence-corrected chi connectivity index (χ1v) is 9.66. The van der Waals surface area contributed by atoms with Crippen molar-refractivity contribution in [3.8, 4) is 17.2 Å². The average molecular weight is 392 g/mol. The quantitative estimate of drug-likeness (QED) is 0.675. The summed E-state index contributed by atoms with van der Waals surface area (Å²) in [4.78, 5) is 14.0. The minimum Gasteiger partial charge on any atom is -0.872 e. The van der Waals surface area contributed by atoms with Gasteiger partial charge in [0.05, 0.1) is 26.8 Å². The normalized spacial score (nSPS) is 14.7. The molecule has 1 aliphatic rings. The molecule has 29 heavy (non-hydrogen) atoms. The van der Waals surface area contributed by atoms with Crippen molar-refractivity contribution in [2.24, 2.45) is 0 Å². The fourth-order valence-electron chi connectivity index (χ4n) is 3.76. The highest BCUT2D eigenvalue weighted by molar-refractivity contribution is 6.15. The number of fused-ring (bicyclic) bond motifs is 2. The lowest BCUT2D eigenvalue weighted by atomic mass is 10.0. The molecule has 6 nitrogen and oxygen atoms in total. The van der Waals surface area contributed by atoms with Crippen LogP contribution in [0.4, 0.5) is 0 Å². The van der Waals surface area contributed by atoms with Crippen LogP contribution in [0.3, 0.4) is 0 Å². The summed E-state index contributed by atoms with van der Waals surface area (Å²) in [5, 5.41) is 13.3. The molecule has 1 aliphatic heterocycles. The Hall–Kier alpha value is -3.25. The lowest BCUT2D eigenvalue weighted by molar-refractivity contribution is -0.872. The van der Waals surface area contributed by atoms with Gasteiger partial charge in [0.2, 0.25) is 5.78 Å². The fraction of sp³-hybridized carbons (Fsp3) is 0.261. The van der Waals surface area contributed by atoms with Crippen molar-refractivity contribution < 1.29 is 24.3 Å². The number of nitrogens with one attached hydrogen (secondary N) is 1. The van der Waals surface area contributed by atoms with Gasteiger partial charge in [0.15, 0.2) is 5.76 Å². The molecule has 0 atom stereocenters. The number of carbonyl (C=O) groups excluding carboxylic acids is 1. The molecule has 150 valence electrons. The van der Waals surface area contributed by atoms with Crippen LogP contribution in [0.15, 0.2) is 42.3 Å². The Balaban J connectivity index is 1.81. The van der Waals surface area contributed by atoms with Crippen molar-refractivity contribution in [1.82, 2.24) is 4.57 Å². The lowest BCUT2D eigenvalue weighted by Crippen LogP contribution is -3.04. The first kappa shape index (κ1) is 19.1. The topological polar surface area (TPSA) is 68.0 Å². The summed E-state index contributed by atoms with van der Waals surface area (Å²) in [6.45, 7) is 3.37. The third-order valence-electron chi connectivity index (χ3n) is 5.17. The number of methoxy groups -OCH3 is 1. The second kappa shape index (κ2) is 7.29. The van der Waals surface area contributed by atoms with Crippen molar-refractivity contribution >= 4 is 22.8 Å². The maximum Gasteiger partial charge on any atom is 0.231 e. The summed E-state index contributed by atoms with van der Waals surface area (Å²) in [5.74, 6) is 1.08. The number of allylic oxidation sites excluding steroid dienone is 1. The van der Waals surface area contributed by atoms with Crippen LogP contribution in [0.25, 0.3) is 17.0 Å². The van der Waals surface area contributed by atoms with Crippen molar-refractivity contribution in [1.29, 1.82) is 0 Å². The van der Waals surface area contributed by atoms with E-state index in [4.69, 9.17) is 9.47 Å². The van der Waals surface area contributed by atoms with E-state index in [0.29, 0.717) is 23.4 Å². The highest BCUT2D eigenvalue weighted by atomic mass is 16.5. The monoisotopic (exact) mass is 392 g/mol. The Morgan fingerprint density at radius 3 is 2.72 bits per heavy atom. The van der Waals surface area contributed by atoms with E-state index in [9.17, 15) is 9.90 Å². The van der Waals surface area contributed by atoms with Gasteiger partial charge in [-0.25, -0.2) is 0 Å². The minimum atomic E-state index is -0.199. The van der Waals surface area contributed by atoms with Gasteiger partial charge in [-0.15, -0.1) is 0 Å². The van der Waals surface area contributed by atoms with E-state index in [1.807, 2.05) is 38.5 Å². The van der Waals surface area contributed by atoms with E-state index in [1.54, 1.807) is 19.3 Å². The molecule has 0 saturated carbocycles. The maximum atomic E-state index is 13.0. The first-order chi connectivity index (χ1) is 13.9. The number of aromatic nitrogens is 1. The molecule has 2 aromatic carbocycles. The molecule has 0 bridgehead atoms. The predicted molar refractivity (Wildman–Crippen MR) is 110 cm³/mol. The molecule has 2 heterocycles. The number of carbonyl (C=O) groups is 1. The molecule has 0 unspecified atom stereocenters. The Morgan fingerprint density at radius 1 is 1.24 bits per heavy atom. The van der Waals surface area contributed by atoms with Crippen LogP contribution in [0, 0.1) is 0 Å². The standard InChI is InChI=1S/C23H24N2O4/c1-5-25-12-14(17-11-15(28-4)6-8-19(17)25)10-21-22(27)16-7-9-20(26)18(13-24(2)3)23(16)29-21/h6-12,26H,5,13H2,1-4H3/b21-10-. The minimum absolute atomic E-state index is 0.105. The summed E-state index contributed by atoms with van der Waals surface area (Å²) in [5.41, 5.74) is 2.92. The van der Waals surface area contributed by atoms with Crippen LogP contribution in [0.2, 0.25) is 0 Å². The van der Waals surface area contributed by atoms with E-state index >= 15 is 0 Å². The molecule has 6 heteroatoms. The molecule has 0 aliphatic carbocycles. The lowest BCUT2D eigenvalue weighted by Gasteiger charge is -2.17. The number of benzene rings is 2. The van der Waals surface area contributed by atoms with E-state index in [0.717, 1.165) is 33.7 Å². The molecule has 0 fully saturated rings. The zero-order valence-corrected chi connectivity index (χ0v) is 17.0.